The van der Waals surface area contributed by atoms with E-state index in [1.807, 2.05) is 4.68 Å². The minimum atomic E-state index is 0.170. The van der Waals surface area contributed by atoms with E-state index in [2.05, 4.69) is 36.3 Å². The molecule has 0 aliphatic heterocycles. The van der Waals surface area contributed by atoms with Crippen LogP contribution in [0.4, 0.5) is 0 Å². The van der Waals surface area contributed by atoms with Gasteiger partial charge in [0.1, 0.15) is 12.2 Å². The molecule has 1 aromatic heterocycles. The summed E-state index contributed by atoms with van der Waals surface area (Å²) in [6.45, 7) is 7.81. The van der Waals surface area contributed by atoms with E-state index < -0.39 is 0 Å². The molecule has 1 aromatic rings. The molecule has 6 nitrogen and oxygen atoms in total. The highest BCUT2D eigenvalue weighted by atomic mass is 16.5. The summed E-state index contributed by atoms with van der Waals surface area (Å²) >= 11 is 0. The molecule has 18 heavy (non-hydrogen) atoms. The summed E-state index contributed by atoms with van der Waals surface area (Å²) < 4.78 is 7.40. The second-order valence-corrected chi connectivity index (χ2v) is 4.68. The summed E-state index contributed by atoms with van der Waals surface area (Å²) in [6, 6.07) is 0.487. The summed E-state index contributed by atoms with van der Waals surface area (Å²) in [6.07, 6.45) is 4.28. The van der Waals surface area contributed by atoms with Crippen LogP contribution in [0, 0.1) is 0 Å². The van der Waals surface area contributed by atoms with E-state index in [0.29, 0.717) is 6.04 Å². The van der Waals surface area contributed by atoms with Gasteiger partial charge in [-0.15, -0.1) is 0 Å². The van der Waals surface area contributed by atoms with Crippen LogP contribution in [0.25, 0.3) is 0 Å². The highest BCUT2D eigenvalue weighted by Gasteiger charge is 2.14. The monoisotopic (exact) mass is 255 g/mol. The number of aromatic nitrogens is 3. The van der Waals surface area contributed by atoms with Gasteiger partial charge in [-0.2, -0.15) is 5.10 Å². The Labute approximate surface area is 109 Å². The Hall–Kier alpha value is -0.980. The van der Waals surface area contributed by atoms with Crippen LogP contribution in [0.1, 0.15) is 45.5 Å². The van der Waals surface area contributed by atoms with Crippen LogP contribution in [-0.2, 0) is 11.2 Å². The van der Waals surface area contributed by atoms with Crippen LogP contribution in [-0.4, -0.2) is 34.0 Å². The summed E-state index contributed by atoms with van der Waals surface area (Å²) in [4.78, 5) is 4.29. The van der Waals surface area contributed by atoms with Crippen molar-refractivity contribution in [1.82, 2.24) is 20.2 Å². The molecule has 0 radical (unpaired) electrons. The largest absolute Gasteiger partial charge is 0.381 e. The SMILES string of the molecule is CCCOCCC(Cc1ncnn1C(C)C)NN. The van der Waals surface area contributed by atoms with Gasteiger partial charge in [-0.25, -0.2) is 9.67 Å². The third kappa shape index (κ3) is 4.72. The van der Waals surface area contributed by atoms with E-state index >= 15 is 0 Å². The number of nitrogens with two attached hydrogens (primary N) is 1. The molecule has 3 N–H and O–H groups in total. The summed E-state index contributed by atoms with van der Waals surface area (Å²) in [5.41, 5.74) is 2.82. The molecular weight excluding hydrogens is 230 g/mol. The normalized spacial score (nSPS) is 13.2. The van der Waals surface area contributed by atoms with Crippen molar-refractivity contribution in [2.75, 3.05) is 13.2 Å². The molecule has 0 fully saturated rings. The highest BCUT2D eigenvalue weighted by Crippen LogP contribution is 2.08. The van der Waals surface area contributed by atoms with Crippen LogP contribution in [0.3, 0.4) is 0 Å². The summed E-state index contributed by atoms with van der Waals surface area (Å²) in [5, 5.41) is 4.22. The van der Waals surface area contributed by atoms with Crippen molar-refractivity contribution in [3.63, 3.8) is 0 Å². The summed E-state index contributed by atoms with van der Waals surface area (Å²) in [7, 11) is 0. The van der Waals surface area contributed by atoms with E-state index in [0.717, 1.165) is 38.3 Å². The Morgan fingerprint density at radius 3 is 2.83 bits per heavy atom. The Morgan fingerprint density at radius 2 is 2.22 bits per heavy atom. The minimum absolute atomic E-state index is 0.170. The number of nitrogens with zero attached hydrogens (tertiary/aromatic N) is 3. The number of nitrogens with one attached hydrogen (secondary N) is 1. The molecule has 0 spiro atoms. The number of hydrogen-bond acceptors (Lipinski definition) is 5. The van der Waals surface area contributed by atoms with Gasteiger partial charge in [-0.05, 0) is 26.7 Å². The van der Waals surface area contributed by atoms with Gasteiger partial charge in [0.15, 0.2) is 0 Å². The van der Waals surface area contributed by atoms with Crippen molar-refractivity contribution < 1.29 is 4.74 Å². The quantitative estimate of drug-likeness (QED) is 0.392. The van der Waals surface area contributed by atoms with Crippen molar-refractivity contribution in [3.05, 3.63) is 12.2 Å². The second-order valence-electron chi connectivity index (χ2n) is 4.68. The first-order chi connectivity index (χ1) is 8.69. The fourth-order valence-corrected chi connectivity index (χ4v) is 1.79. The molecule has 0 aliphatic rings. The molecule has 1 atom stereocenters. The predicted octanol–water partition coefficient (Wildman–Crippen LogP) is 1.05. The van der Waals surface area contributed by atoms with Crippen LogP contribution >= 0.6 is 0 Å². The van der Waals surface area contributed by atoms with Gasteiger partial charge in [0.05, 0.1) is 0 Å². The molecule has 6 heteroatoms. The predicted molar refractivity (Wildman–Crippen MR) is 70.9 cm³/mol. The zero-order chi connectivity index (χ0) is 13.4. The molecule has 0 bridgehead atoms. The van der Waals surface area contributed by atoms with Crippen molar-refractivity contribution in [1.29, 1.82) is 0 Å². The maximum atomic E-state index is 5.57. The molecule has 0 aromatic carbocycles. The average molecular weight is 255 g/mol. The molecular formula is C12H25N5O. The number of hydrogen-bond donors (Lipinski definition) is 2. The van der Waals surface area contributed by atoms with E-state index in [1.54, 1.807) is 6.33 Å². The maximum absolute atomic E-state index is 5.57. The zero-order valence-corrected chi connectivity index (χ0v) is 11.6. The van der Waals surface area contributed by atoms with E-state index in [-0.39, 0.29) is 6.04 Å². The van der Waals surface area contributed by atoms with Gasteiger partial charge in [0.25, 0.3) is 0 Å². The third-order valence-corrected chi connectivity index (χ3v) is 2.76. The first-order valence-corrected chi connectivity index (χ1v) is 6.61. The molecule has 1 unspecified atom stereocenters. The first-order valence-electron chi connectivity index (χ1n) is 6.61. The number of hydrazine groups is 1. The molecule has 104 valence electrons. The molecule has 0 amide bonds. The average Bonchev–Trinajstić information content (AvgIpc) is 2.81. The number of ether oxygens (including phenoxy) is 1. The molecule has 1 heterocycles. The minimum Gasteiger partial charge on any atom is -0.381 e. The van der Waals surface area contributed by atoms with Gasteiger partial charge >= 0.3 is 0 Å². The Morgan fingerprint density at radius 1 is 1.44 bits per heavy atom. The van der Waals surface area contributed by atoms with Crippen LogP contribution < -0.4 is 11.3 Å². The van der Waals surface area contributed by atoms with Crippen LogP contribution in [0.15, 0.2) is 6.33 Å². The van der Waals surface area contributed by atoms with Gasteiger partial charge < -0.3 is 4.74 Å². The van der Waals surface area contributed by atoms with Crippen molar-refractivity contribution in [3.8, 4) is 0 Å². The zero-order valence-electron chi connectivity index (χ0n) is 11.6. The van der Waals surface area contributed by atoms with Gasteiger partial charge in [-0.1, -0.05) is 6.92 Å². The Kier molecular flexibility index (Phi) is 6.85. The second kappa shape index (κ2) is 8.18. The Balaban J connectivity index is 2.44. The van der Waals surface area contributed by atoms with Gasteiger partial charge in [0.2, 0.25) is 0 Å². The van der Waals surface area contributed by atoms with Crippen LogP contribution in [0.5, 0.6) is 0 Å². The van der Waals surface area contributed by atoms with E-state index in [1.165, 1.54) is 0 Å². The van der Waals surface area contributed by atoms with E-state index in [4.69, 9.17) is 10.6 Å². The molecule has 0 saturated carbocycles. The van der Waals surface area contributed by atoms with Crippen molar-refractivity contribution in [2.45, 2.75) is 52.1 Å². The lowest BCUT2D eigenvalue weighted by atomic mass is 10.1. The topological polar surface area (TPSA) is 78.0 Å². The first kappa shape index (κ1) is 15.1. The maximum Gasteiger partial charge on any atom is 0.138 e. The van der Waals surface area contributed by atoms with Gasteiger partial charge in [-0.3, -0.25) is 11.3 Å². The standard InChI is InChI=1S/C12H25N5O/c1-4-6-18-7-5-11(16-13)8-12-14-9-15-17(12)10(2)3/h9-11,16H,4-8,13H2,1-3H3. The fourth-order valence-electron chi connectivity index (χ4n) is 1.79. The Bertz CT molecular complexity index is 326. The lowest BCUT2D eigenvalue weighted by Gasteiger charge is -2.17. The molecule has 0 saturated heterocycles. The summed E-state index contributed by atoms with van der Waals surface area (Å²) in [5.74, 6) is 6.53. The van der Waals surface area contributed by atoms with Crippen LogP contribution in [0.2, 0.25) is 0 Å². The smallest absolute Gasteiger partial charge is 0.138 e. The molecule has 0 aliphatic carbocycles. The fraction of sp³-hybridized carbons (Fsp3) is 0.833. The van der Waals surface area contributed by atoms with E-state index in [9.17, 15) is 0 Å². The number of rotatable bonds is 9. The molecule has 1 rings (SSSR count). The van der Waals surface area contributed by atoms with Crippen molar-refractivity contribution >= 4 is 0 Å². The third-order valence-electron chi connectivity index (χ3n) is 2.76. The lowest BCUT2D eigenvalue weighted by Crippen LogP contribution is -2.38. The highest BCUT2D eigenvalue weighted by molar-refractivity contribution is 4.90. The van der Waals surface area contributed by atoms with Gasteiger partial charge in [0, 0.05) is 31.7 Å². The lowest BCUT2D eigenvalue weighted by molar-refractivity contribution is 0.124. The van der Waals surface area contributed by atoms with Crippen molar-refractivity contribution in [2.24, 2.45) is 5.84 Å².